The van der Waals surface area contributed by atoms with E-state index in [2.05, 4.69) is 0 Å². The Labute approximate surface area is 98.8 Å². The van der Waals surface area contributed by atoms with Gasteiger partial charge in [-0.2, -0.15) is 0 Å². The van der Waals surface area contributed by atoms with Crippen LogP contribution in [0, 0.1) is 0 Å². The van der Waals surface area contributed by atoms with E-state index in [0.29, 0.717) is 11.5 Å². The number of para-hydroxylation sites is 2. The Kier molecular flexibility index (Phi) is 3.73. The maximum atomic E-state index is 11.6. The summed E-state index contributed by atoms with van der Waals surface area (Å²) in [7, 11) is 0. The van der Waals surface area contributed by atoms with Gasteiger partial charge in [0.05, 0.1) is 0 Å². The van der Waals surface area contributed by atoms with Crippen LogP contribution in [0.25, 0.3) is 0 Å². The normalized spacial score (nSPS) is 10.1. The van der Waals surface area contributed by atoms with Crippen molar-refractivity contribution in [1.82, 2.24) is 0 Å². The van der Waals surface area contributed by atoms with Crippen LogP contribution >= 0.6 is 0 Å². The van der Waals surface area contributed by atoms with Gasteiger partial charge in [-0.25, -0.2) is 0 Å². The molecule has 0 bridgehead atoms. The molecule has 2 aromatic carbocycles. The quantitative estimate of drug-likeness (QED) is 0.805. The van der Waals surface area contributed by atoms with Crippen LogP contribution in [0.5, 0.6) is 11.5 Å². The van der Waals surface area contributed by atoms with E-state index in [1.54, 1.807) is 24.3 Å². The summed E-state index contributed by atoms with van der Waals surface area (Å²) in [6, 6.07) is 18.0. The molecule has 0 aromatic heterocycles. The summed E-state index contributed by atoms with van der Waals surface area (Å²) >= 11 is -3.18. The first-order valence-electron chi connectivity index (χ1n) is 4.84. The fourth-order valence-electron chi connectivity index (χ4n) is 1.19. The molecule has 0 saturated carbocycles. The minimum absolute atomic E-state index is 0.573. The van der Waals surface area contributed by atoms with Crippen LogP contribution < -0.4 is 7.45 Å². The van der Waals surface area contributed by atoms with Crippen molar-refractivity contribution >= 4 is 15.3 Å². The van der Waals surface area contributed by atoms with Crippen molar-refractivity contribution in [3.8, 4) is 11.5 Å². The summed E-state index contributed by atoms with van der Waals surface area (Å²) in [5.41, 5.74) is 0. The Morgan fingerprint density at radius 2 is 1.06 bits per heavy atom. The number of benzene rings is 2. The second-order valence-corrected chi connectivity index (χ2v) is 4.99. The zero-order valence-electron chi connectivity index (χ0n) is 8.50. The van der Waals surface area contributed by atoms with E-state index in [1.807, 2.05) is 36.4 Å². The first-order valence-corrected chi connectivity index (χ1v) is 7.41. The van der Waals surface area contributed by atoms with E-state index in [4.69, 9.17) is 7.45 Å². The molecule has 3 nitrogen and oxygen atoms in total. The van der Waals surface area contributed by atoms with Gasteiger partial charge in [0, 0.05) is 0 Å². The first-order chi connectivity index (χ1) is 7.84. The van der Waals surface area contributed by atoms with Crippen molar-refractivity contribution in [1.29, 1.82) is 0 Å². The zero-order valence-corrected chi connectivity index (χ0v) is 10.6. The van der Waals surface area contributed by atoms with Crippen LogP contribution in [-0.2, 0) is 3.74 Å². The number of hydrogen-bond acceptors (Lipinski definition) is 3. The standard InChI is InChI=1S/C12H11AsO3/c14-13(15-11-7-3-1-4-8-11)16-12-9-5-2-6-10-12/h1-10,13H. The number of rotatable bonds is 4. The predicted octanol–water partition coefficient (Wildman–Crippen LogP) is 2.29. The third kappa shape index (κ3) is 3.21. The van der Waals surface area contributed by atoms with Crippen LogP contribution in [0.1, 0.15) is 0 Å². The SMILES string of the molecule is O=[AsH](Oc1ccccc1)Oc1ccccc1. The molecular formula is C12H11AsO3. The van der Waals surface area contributed by atoms with Gasteiger partial charge >= 0.3 is 98.6 Å². The van der Waals surface area contributed by atoms with E-state index < -0.39 is 15.3 Å². The molecule has 0 amide bonds. The third-order valence-corrected chi connectivity index (χ3v) is 3.58. The van der Waals surface area contributed by atoms with Crippen molar-refractivity contribution in [2.75, 3.05) is 0 Å². The van der Waals surface area contributed by atoms with Gasteiger partial charge in [0.15, 0.2) is 0 Å². The fraction of sp³-hybridized carbons (Fsp3) is 0. The molecule has 0 aliphatic rings. The molecule has 0 saturated heterocycles. The molecule has 16 heavy (non-hydrogen) atoms. The van der Waals surface area contributed by atoms with E-state index in [0.717, 1.165) is 0 Å². The molecule has 0 fully saturated rings. The zero-order chi connectivity index (χ0) is 11.2. The monoisotopic (exact) mass is 278 g/mol. The van der Waals surface area contributed by atoms with Crippen LogP contribution in [0.15, 0.2) is 60.7 Å². The molecule has 4 heteroatoms. The average Bonchev–Trinajstić information content (AvgIpc) is 2.31. The maximum absolute atomic E-state index is 11.6. The topological polar surface area (TPSA) is 35.5 Å². The predicted molar refractivity (Wildman–Crippen MR) is 62.0 cm³/mol. The van der Waals surface area contributed by atoms with Crippen LogP contribution in [-0.4, -0.2) is 15.3 Å². The van der Waals surface area contributed by atoms with Crippen molar-refractivity contribution in [2.45, 2.75) is 0 Å². The molecule has 0 spiro atoms. The fourth-order valence-corrected chi connectivity index (χ4v) is 2.66. The van der Waals surface area contributed by atoms with Crippen molar-refractivity contribution in [3.63, 3.8) is 0 Å². The summed E-state index contributed by atoms with van der Waals surface area (Å²) in [6.07, 6.45) is 0. The average molecular weight is 278 g/mol. The van der Waals surface area contributed by atoms with Crippen LogP contribution in [0.3, 0.4) is 0 Å². The van der Waals surface area contributed by atoms with Gasteiger partial charge in [0.1, 0.15) is 0 Å². The Morgan fingerprint density at radius 1 is 0.688 bits per heavy atom. The summed E-state index contributed by atoms with van der Waals surface area (Å²) in [6.45, 7) is 0. The summed E-state index contributed by atoms with van der Waals surface area (Å²) in [4.78, 5) is 0. The molecule has 2 rings (SSSR count). The van der Waals surface area contributed by atoms with E-state index in [-0.39, 0.29) is 0 Å². The third-order valence-electron chi connectivity index (χ3n) is 1.89. The van der Waals surface area contributed by atoms with Crippen molar-refractivity contribution in [3.05, 3.63) is 60.7 Å². The van der Waals surface area contributed by atoms with E-state index in [1.165, 1.54) is 0 Å². The van der Waals surface area contributed by atoms with Gasteiger partial charge in [0.2, 0.25) is 0 Å². The van der Waals surface area contributed by atoms with Gasteiger partial charge in [-0.05, 0) is 0 Å². The summed E-state index contributed by atoms with van der Waals surface area (Å²) in [5.74, 6) is 1.15. The Bertz CT molecular complexity index is 413. The van der Waals surface area contributed by atoms with Crippen molar-refractivity contribution in [2.24, 2.45) is 0 Å². The second-order valence-electron chi connectivity index (χ2n) is 3.08. The molecule has 0 aliphatic carbocycles. The Morgan fingerprint density at radius 3 is 1.44 bits per heavy atom. The van der Waals surface area contributed by atoms with Gasteiger partial charge in [-0.1, -0.05) is 0 Å². The Hall–Kier alpha value is -1.60. The summed E-state index contributed by atoms with van der Waals surface area (Å²) in [5, 5.41) is 0. The summed E-state index contributed by atoms with van der Waals surface area (Å²) < 4.78 is 22.0. The molecule has 0 atom stereocenters. The first kappa shape index (κ1) is 10.9. The molecule has 0 aliphatic heterocycles. The molecule has 82 valence electrons. The van der Waals surface area contributed by atoms with Gasteiger partial charge in [-0.15, -0.1) is 0 Å². The molecule has 0 radical (unpaired) electrons. The molecular weight excluding hydrogens is 267 g/mol. The molecule has 0 N–H and O–H groups in total. The van der Waals surface area contributed by atoms with Gasteiger partial charge < -0.3 is 0 Å². The van der Waals surface area contributed by atoms with Crippen LogP contribution in [0.2, 0.25) is 0 Å². The molecule has 0 heterocycles. The van der Waals surface area contributed by atoms with E-state index >= 15 is 0 Å². The second kappa shape index (κ2) is 5.47. The van der Waals surface area contributed by atoms with E-state index in [9.17, 15) is 3.74 Å². The van der Waals surface area contributed by atoms with Gasteiger partial charge in [0.25, 0.3) is 0 Å². The van der Waals surface area contributed by atoms with Gasteiger partial charge in [-0.3, -0.25) is 0 Å². The van der Waals surface area contributed by atoms with Crippen LogP contribution in [0.4, 0.5) is 0 Å². The Balaban J connectivity index is 1.95. The van der Waals surface area contributed by atoms with Crippen molar-refractivity contribution < 1.29 is 11.2 Å². The molecule has 2 aromatic rings. The number of hydrogen-bond donors (Lipinski definition) is 0. The molecule has 0 unspecified atom stereocenters. The minimum atomic E-state index is -3.18.